The van der Waals surface area contributed by atoms with Crippen molar-refractivity contribution < 1.29 is 14.3 Å². The number of carbonyl (C=O) groups excluding carboxylic acids is 1. The van der Waals surface area contributed by atoms with Crippen molar-refractivity contribution in [2.45, 2.75) is 12.8 Å². The first kappa shape index (κ1) is 12.1. The number of hydrogen-bond donors (Lipinski definition) is 2. The lowest BCUT2D eigenvalue weighted by atomic mass is 10.2. The van der Waals surface area contributed by atoms with Crippen LogP contribution in [0.5, 0.6) is 11.5 Å². The Bertz CT molecular complexity index is 472. The smallest absolute Gasteiger partial charge is 0.239 e. The van der Waals surface area contributed by atoms with Gasteiger partial charge in [-0.05, 0) is 30.9 Å². The average molecular weight is 262 g/mol. The fourth-order valence-corrected chi connectivity index (χ4v) is 1.98. The minimum atomic E-state index is 0.0294. The number of nitrogens with one attached hydrogen (secondary N) is 2. The van der Waals surface area contributed by atoms with Gasteiger partial charge in [-0.2, -0.15) is 0 Å². The van der Waals surface area contributed by atoms with Crippen molar-refractivity contribution in [1.82, 2.24) is 5.32 Å². The van der Waals surface area contributed by atoms with Crippen molar-refractivity contribution in [2.24, 2.45) is 5.92 Å². The Morgan fingerprint density at radius 1 is 1.21 bits per heavy atom. The molecule has 0 atom stereocenters. The molecule has 1 amide bonds. The first-order chi connectivity index (χ1) is 9.31. The van der Waals surface area contributed by atoms with Gasteiger partial charge in [0.1, 0.15) is 13.2 Å². The zero-order chi connectivity index (χ0) is 13.1. The molecule has 0 spiro atoms. The van der Waals surface area contributed by atoms with E-state index in [-0.39, 0.29) is 12.5 Å². The van der Waals surface area contributed by atoms with E-state index in [1.807, 2.05) is 18.2 Å². The fourth-order valence-electron chi connectivity index (χ4n) is 1.98. The molecule has 2 N–H and O–H groups in total. The van der Waals surface area contributed by atoms with Crippen LogP contribution in [0.15, 0.2) is 18.2 Å². The van der Waals surface area contributed by atoms with Gasteiger partial charge in [-0.15, -0.1) is 0 Å². The second-order valence-corrected chi connectivity index (χ2v) is 4.96. The van der Waals surface area contributed by atoms with Gasteiger partial charge in [0.15, 0.2) is 11.5 Å². The highest BCUT2D eigenvalue weighted by molar-refractivity contribution is 5.80. The summed E-state index contributed by atoms with van der Waals surface area (Å²) >= 11 is 0. The number of hydrogen-bond acceptors (Lipinski definition) is 4. The van der Waals surface area contributed by atoms with Gasteiger partial charge in [0, 0.05) is 18.3 Å². The number of fused-ring (bicyclic) bond motifs is 1. The second-order valence-electron chi connectivity index (χ2n) is 4.96. The van der Waals surface area contributed by atoms with Crippen molar-refractivity contribution in [3.8, 4) is 11.5 Å². The van der Waals surface area contributed by atoms with Crippen LogP contribution in [0.3, 0.4) is 0 Å². The summed E-state index contributed by atoms with van der Waals surface area (Å²) in [6.45, 7) is 2.25. The van der Waals surface area contributed by atoms with E-state index in [1.165, 1.54) is 12.8 Å². The third kappa shape index (κ3) is 3.30. The molecule has 19 heavy (non-hydrogen) atoms. The Labute approximate surface area is 112 Å². The summed E-state index contributed by atoms with van der Waals surface area (Å²) in [7, 11) is 0. The second kappa shape index (κ2) is 5.38. The first-order valence-electron chi connectivity index (χ1n) is 6.71. The Balaban J connectivity index is 1.50. The van der Waals surface area contributed by atoms with Crippen molar-refractivity contribution in [3.63, 3.8) is 0 Å². The molecule has 0 aromatic heterocycles. The maximum Gasteiger partial charge on any atom is 0.239 e. The number of rotatable bonds is 5. The standard InChI is InChI=1S/C14H18N2O3/c17-14(16-8-10-1-2-10)9-15-11-3-4-12-13(7-11)19-6-5-18-12/h3-4,7,10,15H,1-2,5-6,8-9H2,(H,16,17). The Hall–Kier alpha value is -1.91. The number of benzene rings is 1. The van der Waals surface area contributed by atoms with Crippen molar-refractivity contribution in [2.75, 3.05) is 31.6 Å². The van der Waals surface area contributed by atoms with Crippen LogP contribution in [0, 0.1) is 5.92 Å². The molecule has 1 aliphatic heterocycles. The predicted octanol–water partition coefficient (Wildman–Crippen LogP) is 1.40. The van der Waals surface area contributed by atoms with E-state index in [4.69, 9.17) is 9.47 Å². The fraction of sp³-hybridized carbons (Fsp3) is 0.500. The summed E-state index contributed by atoms with van der Waals surface area (Å²) < 4.78 is 10.9. The van der Waals surface area contributed by atoms with Gasteiger partial charge in [-0.3, -0.25) is 4.79 Å². The van der Waals surface area contributed by atoms with Crippen LogP contribution in [0.1, 0.15) is 12.8 Å². The first-order valence-corrected chi connectivity index (χ1v) is 6.71. The SMILES string of the molecule is O=C(CNc1ccc2c(c1)OCCO2)NCC1CC1. The van der Waals surface area contributed by atoms with Gasteiger partial charge in [0.2, 0.25) is 5.91 Å². The van der Waals surface area contributed by atoms with Gasteiger partial charge < -0.3 is 20.1 Å². The molecule has 0 unspecified atom stereocenters. The molecular formula is C14H18N2O3. The van der Waals surface area contributed by atoms with Crippen LogP contribution in [0.2, 0.25) is 0 Å². The van der Waals surface area contributed by atoms with Crippen molar-refractivity contribution >= 4 is 11.6 Å². The largest absolute Gasteiger partial charge is 0.486 e. The Kier molecular flexibility index (Phi) is 3.44. The lowest BCUT2D eigenvalue weighted by molar-refractivity contribution is -0.119. The molecule has 1 heterocycles. The maximum atomic E-state index is 11.6. The van der Waals surface area contributed by atoms with E-state index in [1.54, 1.807) is 0 Å². The number of anilines is 1. The van der Waals surface area contributed by atoms with Gasteiger partial charge in [-0.1, -0.05) is 0 Å². The van der Waals surface area contributed by atoms with Gasteiger partial charge in [0.05, 0.1) is 6.54 Å². The molecule has 1 aliphatic carbocycles. The topological polar surface area (TPSA) is 59.6 Å². The van der Waals surface area contributed by atoms with E-state index in [0.29, 0.717) is 19.1 Å². The van der Waals surface area contributed by atoms with E-state index < -0.39 is 0 Å². The number of amides is 1. The molecule has 5 heteroatoms. The molecular weight excluding hydrogens is 244 g/mol. The third-order valence-electron chi connectivity index (χ3n) is 3.28. The van der Waals surface area contributed by atoms with Crippen molar-refractivity contribution in [1.29, 1.82) is 0 Å². The monoisotopic (exact) mass is 262 g/mol. The van der Waals surface area contributed by atoms with Crippen LogP contribution in [0.25, 0.3) is 0 Å². The van der Waals surface area contributed by atoms with Crippen molar-refractivity contribution in [3.05, 3.63) is 18.2 Å². The molecule has 102 valence electrons. The van der Waals surface area contributed by atoms with Gasteiger partial charge in [-0.25, -0.2) is 0 Å². The Morgan fingerprint density at radius 2 is 2.00 bits per heavy atom. The lowest BCUT2D eigenvalue weighted by Gasteiger charge is -2.19. The summed E-state index contributed by atoms with van der Waals surface area (Å²) in [5.74, 6) is 2.23. The third-order valence-corrected chi connectivity index (χ3v) is 3.28. The number of carbonyl (C=O) groups is 1. The minimum Gasteiger partial charge on any atom is -0.486 e. The molecule has 0 bridgehead atoms. The Morgan fingerprint density at radius 3 is 2.79 bits per heavy atom. The molecule has 5 nitrogen and oxygen atoms in total. The highest BCUT2D eigenvalue weighted by atomic mass is 16.6. The summed E-state index contributed by atoms with van der Waals surface area (Å²) in [5, 5.41) is 6.01. The molecule has 1 fully saturated rings. The predicted molar refractivity (Wildman–Crippen MR) is 71.7 cm³/mol. The van der Waals surface area contributed by atoms with Gasteiger partial charge in [0.25, 0.3) is 0 Å². The molecule has 2 aliphatic rings. The molecule has 0 saturated heterocycles. The van der Waals surface area contributed by atoms with Crippen LogP contribution < -0.4 is 20.1 Å². The van der Waals surface area contributed by atoms with Crippen LogP contribution in [-0.4, -0.2) is 32.2 Å². The summed E-state index contributed by atoms with van der Waals surface area (Å²) in [4.78, 5) is 11.6. The van der Waals surface area contributed by atoms with E-state index in [2.05, 4.69) is 10.6 Å². The summed E-state index contributed by atoms with van der Waals surface area (Å²) in [5.41, 5.74) is 0.867. The minimum absolute atomic E-state index is 0.0294. The van der Waals surface area contributed by atoms with Crippen LogP contribution in [0.4, 0.5) is 5.69 Å². The molecule has 0 radical (unpaired) electrons. The molecule has 1 aromatic carbocycles. The van der Waals surface area contributed by atoms with E-state index in [0.717, 1.165) is 23.7 Å². The van der Waals surface area contributed by atoms with Gasteiger partial charge >= 0.3 is 0 Å². The molecule has 1 aromatic rings. The van der Waals surface area contributed by atoms with Crippen LogP contribution >= 0.6 is 0 Å². The quantitative estimate of drug-likeness (QED) is 0.842. The van der Waals surface area contributed by atoms with E-state index in [9.17, 15) is 4.79 Å². The number of ether oxygens (including phenoxy) is 2. The zero-order valence-electron chi connectivity index (χ0n) is 10.8. The highest BCUT2D eigenvalue weighted by Crippen LogP contribution is 2.32. The average Bonchev–Trinajstić information content (AvgIpc) is 3.27. The zero-order valence-corrected chi connectivity index (χ0v) is 10.8. The lowest BCUT2D eigenvalue weighted by Crippen LogP contribution is -2.31. The van der Waals surface area contributed by atoms with E-state index >= 15 is 0 Å². The molecule has 3 rings (SSSR count). The maximum absolute atomic E-state index is 11.6. The normalized spacial score (nSPS) is 16.8. The van der Waals surface area contributed by atoms with Crippen LogP contribution in [-0.2, 0) is 4.79 Å². The highest BCUT2D eigenvalue weighted by Gasteiger charge is 2.21. The molecule has 1 saturated carbocycles. The summed E-state index contributed by atoms with van der Waals surface area (Å²) in [6.07, 6.45) is 2.49. The summed E-state index contributed by atoms with van der Waals surface area (Å²) in [6, 6.07) is 5.61.